The van der Waals surface area contributed by atoms with Gasteiger partial charge in [0.25, 0.3) is 0 Å². The molecule has 1 fully saturated rings. The van der Waals surface area contributed by atoms with E-state index in [9.17, 15) is 4.79 Å². The predicted octanol–water partition coefficient (Wildman–Crippen LogP) is 2.95. The number of para-hydroxylation sites is 1. The first-order valence-electron chi connectivity index (χ1n) is 7.95. The smallest absolute Gasteiger partial charge is 0.371 e. The summed E-state index contributed by atoms with van der Waals surface area (Å²) in [4.78, 5) is 13.2. The Hall–Kier alpha value is -2.27. The lowest BCUT2D eigenvalue weighted by atomic mass is 9.90. The van der Waals surface area contributed by atoms with Crippen molar-refractivity contribution >= 4 is 5.97 Å². The van der Waals surface area contributed by atoms with Crippen molar-refractivity contribution in [2.75, 3.05) is 13.1 Å². The molecule has 0 bridgehead atoms. The third-order valence-electron chi connectivity index (χ3n) is 4.80. The molecule has 0 saturated carbocycles. The van der Waals surface area contributed by atoms with Gasteiger partial charge in [-0.25, -0.2) is 4.79 Å². The number of benzene rings is 1. The van der Waals surface area contributed by atoms with Crippen molar-refractivity contribution in [1.29, 1.82) is 0 Å². The molecule has 2 aliphatic rings. The number of aromatic carboxylic acids is 1. The second-order valence-electron chi connectivity index (χ2n) is 6.42. The van der Waals surface area contributed by atoms with Gasteiger partial charge in [-0.1, -0.05) is 18.2 Å². The van der Waals surface area contributed by atoms with Crippen LogP contribution in [0.15, 0.2) is 40.8 Å². The van der Waals surface area contributed by atoms with Crippen LogP contribution in [-0.4, -0.2) is 34.7 Å². The summed E-state index contributed by atoms with van der Waals surface area (Å²) in [6.07, 6.45) is 3.07. The van der Waals surface area contributed by atoms with Gasteiger partial charge in [-0.15, -0.1) is 0 Å². The van der Waals surface area contributed by atoms with Crippen molar-refractivity contribution in [2.24, 2.45) is 0 Å². The Morgan fingerprint density at radius 3 is 2.91 bits per heavy atom. The highest BCUT2D eigenvalue weighted by molar-refractivity contribution is 5.84. The Morgan fingerprint density at radius 2 is 2.09 bits per heavy atom. The quantitative estimate of drug-likeness (QED) is 0.944. The average Bonchev–Trinajstić information content (AvgIpc) is 3.16. The van der Waals surface area contributed by atoms with Crippen LogP contribution in [0.4, 0.5) is 0 Å². The number of aryl methyl sites for hydroxylation is 1. The summed E-state index contributed by atoms with van der Waals surface area (Å²) in [7, 11) is 0. The molecular formula is C18H19NO4. The molecule has 4 rings (SSSR count). The standard InChI is InChI=1S/C18H19NO4/c20-17(21)16-6-5-14(22-16)11-19-10-9-18(12-19)8-7-13-3-1-2-4-15(13)23-18/h1-6H,7-12H2,(H,20,21). The lowest BCUT2D eigenvalue weighted by Gasteiger charge is -2.35. The summed E-state index contributed by atoms with van der Waals surface area (Å²) >= 11 is 0. The number of rotatable bonds is 3. The number of ether oxygens (including phenoxy) is 1. The number of carboxylic acids is 1. The van der Waals surface area contributed by atoms with Crippen LogP contribution in [0, 0.1) is 0 Å². The number of hydrogen-bond acceptors (Lipinski definition) is 4. The maximum Gasteiger partial charge on any atom is 0.371 e. The van der Waals surface area contributed by atoms with Gasteiger partial charge in [-0.05, 0) is 36.6 Å². The first-order valence-corrected chi connectivity index (χ1v) is 7.95. The third kappa shape index (κ3) is 2.72. The predicted molar refractivity (Wildman–Crippen MR) is 83.7 cm³/mol. The molecule has 1 saturated heterocycles. The normalized spacial score (nSPS) is 23.7. The minimum absolute atomic E-state index is 0.00301. The van der Waals surface area contributed by atoms with E-state index in [1.165, 1.54) is 11.6 Å². The average molecular weight is 313 g/mol. The van der Waals surface area contributed by atoms with Crippen LogP contribution >= 0.6 is 0 Å². The molecule has 3 heterocycles. The zero-order valence-corrected chi connectivity index (χ0v) is 12.8. The highest BCUT2D eigenvalue weighted by Gasteiger charge is 2.42. The van der Waals surface area contributed by atoms with E-state index < -0.39 is 5.97 Å². The number of carboxylic acid groups (broad SMARTS) is 1. The fourth-order valence-corrected chi connectivity index (χ4v) is 3.60. The molecule has 1 aromatic heterocycles. The summed E-state index contributed by atoms with van der Waals surface area (Å²) in [6, 6.07) is 11.5. The number of likely N-dealkylation sites (tertiary alicyclic amines) is 1. The summed E-state index contributed by atoms with van der Waals surface area (Å²) in [6.45, 7) is 2.41. The summed E-state index contributed by atoms with van der Waals surface area (Å²) < 4.78 is 11.7. The van der Waals surface area contributed by atoms with Crippen molar-refractivity contribution in [1.82, 2.24) is 4.90 Å². The minimum Gasteiger partial charge on any atom is -0.486 e. The van der Waals surface area contributed by atoms with Gasteiger partial charge in [0.15, 0.2) is 0 Å². The van der Waals surface area contributed by atoms with Crippen molar-refractivity contribution in [3.05, 3.63) is 53.5 Å². The Bertz CT molecular complexity index is 738. The number of nitrogens with zero attached hydrogens (tertiary/aromatic N) is 1. The van der Waals surface area contributed by atoms with E-state index in [0.717, 1.165) is 38.1 Å². The molecule has 2 aromatic rings. The minimum atomic E-state index is -1.03. The Kier molecular flexibility index (Phi) is 3.38. The van der Waals surface area contributed by atoms with Gasteiger partial charge in [0.1, 0.15) is 17.1 Å². The molecular weight excluding hydrogens is 294 g/mol. The number of hydrogen-bond donors (Lipinski definition) is 1. The summed E-state index contributed by atoms with van der Waals surface area (Å²) in [5.41, 5.74) is 1.17. The van der Waals surface area contributed by atoms with Crippen LogP contribution < -0.4 is 4.74 Å². The highest BCUT2D eigenvalue weighted by atomic mass is 16.5. The second-order valence-corrected chi connectivity index (χ2v) is 6.42. The zero-order valence-electron chi connectivity index (χ0n) is 12.8. The maximum atomic E-state index is 10.9. The van der Waals surface area contributed by atoms with Gasteiger partial charge in [0.2, 0.25) is 5.76 Å². The lowest BCUT2D eigenvalue weighted by molar-refractivity contribution is 0.0525. The molecule has 1 N–H and O–H groups in total. The molecule has 1 aromatic carbocycles. The number of carbonyl (C=O) groups is 1. The van der Waals surface area contributed by atoms with Crippen molar-refractivity contribution in [3.8, 4) is 5.75 Å². The molecule has 120 valence electrons. The van der Waals surface area contributed by atoms with Crippen LogP contribution in [0.1, 0.15) is 34.7 Å². The molecule has 1 unspecified atom stereocenters. The van der Waals surface area contributed by atoms with Crippen LogP contribution in [0.2, 0.25) is 0 Å². The second kappa shape index (κ2) is 5.42. The summed E-state index contributed by atoms with van der Waals surface area (Å²) in [5, 5.41) is 8.92. The number of furan rings is 1. The maximum absolute atomic E-state index is 10.9. The van der Waals surface area contributed by atoms with E-state index in [0.29, 0.717) is 12.3 Å². The largest absolute Gasteiger partial charge is 0.486 e. The Balaban J connectivity index is 1.44. The molecule has 5 heteroatoms. The van der Waals surface area contributed by atoms with Crippen LogP contribution in [0.25, 0.3) is 0 Å². The third-order valence-corrected chi connectivity index (χ3v) is 4.80. The van der Waals surface area contributed by atoms with Gasteiger partial charge in [-0.3, -0.25) is 4.90 Å². The van der Waals surface area contributed by atoms with Crippen LogP contribution in [0.3, 0.4) is 0 Å². The molecule has 1 atom stereocenters. The summed E-state index contributed by atoms with van der Waals surface area (Å²) in [5.74, 6) is 0.667. The first-order chi connectivity index (χ1) is 11.1. The van der Waals surface area contributed by atoms with E-state index in [1.54, 1.807) is 6.07 Å². The van der Waals surface area contributed by atoms with Gasteiger partial charge >= 0.3 is 5.97 Å². The van der Waals surface area contributed by atoms with E-state index in [4.69, 9.17) is 14.3 Å². The van der Waals surface area contributed by atoms with E-state index >= 15 is 0 Å². The lowest BCUT2D eigenvalue weighted by Crippen LogP contribution is -2.42. The topological polar surface area (TPSA) is 62.9 Å². The van der Waals surface area contributed by atoms with Gasteiger partial charge in [0.05, 0.1) is 6.54 Å². The highest BCUT2D eigenvalue weighted by Crippen LogP contribution is 2.38. The molecule has 5 nitrogen and oxygen atoms in total. The Labute approximate surface area is 134 Å². The molecule has 0 radical (unpaired) electrons. The zero-order chi connectivity index (χ0) is 15.9. The fraction of sp³-hybridized carbons (Fsp3) is 0.389. The molecule has 2 aliphatic heterocycles. The van der Waals surface area contributed by atoms with Gasteiger partial charge in [-0.2, -0.15) is 0 Å². The number of fused-ring (bicyclic) bond motifs is 1. The monoisotopic (exact) mass is 313 g/mol. The van der Waals surface area contributed by atoms with Gasteiger partial charge in [0, 0.05) is 19.5 Å². The first kappa shape index (κ1) is 14.3. The van der Waals surface area contributed by atoms with Gasteiger partial charge < -0.3 is 14.3 Å². The Morgan fingerprint density at radius 1 is 1.22 bits per heavy atom. The van der Waals surface area contributed by atoms with Crippen molar-refractivity contribution in [3.63, 3.8) is 0 Å². The van der Waals surface area contributed by atoms with Crippen LogP contribution in [-0.2, 0) is 13.0 Å². The molecule has 23 heavy (non-hydrogen) atoms. The van der Waals surface area contributed by atoms with E-state index in [1.807, 2.05) is 12.1 Å². The molecule has 0 amide bonds. The SMILES string of the molecule is O=C(O)c1ccc(CN2CCC3(CCc4ccccc4O3)C2)o1. The van der Waals surface area contributed by atoms with Crippen LogP contribution in [0.5, 0.6) is 5.75 Å². The van der Waals surface area contributed by atoms with Crippen molar-refractivity contribution in [2.45, 2.75) is 31.4 Å². The fourth-order valence-electron chi connectivity index (χ4n) is 3.60. The van der Waals surface area contributed by atoms with E-state index in [-0.39, 0.29) is 11.4 Å². The molecule has 1 spiro atoms. The molecule has 0 aliphatic carbocycles. The van der Waals surface area contributed by atoms with Crippen molar-refractivity contribution < 1.29 is 19.1 Å². The van der Waals surface area contributed by atoms with E-state index in [2.05, 4.69) is 17.0 Å².